The highest BCUT2D eigenvalue weighted by Gasteiger charge is 2.08. The molecule has 0 heterocycles. The van der Waals surface area contributed by atoms with Crippen LogP contribution in [0.3, 0.4) is 0 Å². The van der Waals surface area contributed by atoms with E-state index in [2.05, 4.69) is 35.1 Å². The molecule has 0 saturated carbocycles. The quantitative estimate of drug-likeness (QED) is 0.779. The van der Waals surface area contributed by atoms with Crippen molar-refractivity contribution in [3.63, 3.8) is 0 Å². The van der Waals surface area contributed by atoms with E-state index < -0.39 is 0 Å². The molecule has 0 atom stereocenters. The first-order chi connectivity index (χ1) is 10.1. The van der Waals surface area contributed by atoms with Gasteiger partial charge in [-0.3, -0.25) is 0 Å². The fourth-order valence-corrected chi connectivity index (χ4v) is 2.35. The Bertz CT molecular complexity index is 601. The largest absolute Gasteiger partial charge is 0.456 e. The van der Waals surface area contributed by atoms with Crippen molar-refractivity contribution in [1.29, 1.82) is 0 Å². The molecule has 0 aromatic heterocycles. The predicted octanol–water partition coefficient (Wildman–Crippen LogP) is 5.13. The normalized spacial score (nSPS) is 10.9. The third-order valence-electron chi connectivity index (χ3n) is 2.95. The lowest BCUT2D eigenvalue weighted by molar-refractivity contribution is 0.464. The van der Waals surface area contributed by atoms with Crippen molar-refractivity contribution in [2.45, 2.75) is 20.4 Å². The number of hydrogen-bond donors (Lipinski definition) is 1. The van der Waals surface area contributed by atoms with Gasteiger partial charge in [0.05, 0.1) is 4.47 Å². The van der Waals surface area contributed by atoms with E-state index in [0.29, 0.717) is 16.1 Å². The Labute approximate surface area is 133 Å². The molecule has 21 heavy (non-hydrogen) atoms. The summed E-state index contributed by atoms with van der Waals surface area (Å²) in [7, 11) is 0. The van der Waals surface area contributed by atoms with E-state index in [0.717, 1.165) is 24.4 Å². The molecule has 0 aliphatic rings. The van der Waals surface area contributed by atoms with Crippen molar-refractivity contribution in [2.24, 2.45) is 5.92 Å². The van der Waals surface area contributed by atoms with E-state index in [4.69, 9.17) is 4.74 Å². The van der Waals surface area contributed by atoms with Crippen LogP contribution in [0.25, 0.3) is 0 Å². The first kappa shape index (κ1) is 16.0. The van der Waals surface area contributed by atoms with E-state index in [1.807, 2.05) is 24.3 Å². The molecule has 0 amide bonds. The Morgan fingerprint density at radius 2 is 1.90 bits per heavy atom. The van der Waals surface area contributed by atoms with E-state index >= 15 is 0 Å². The van der Waals surface area contributed by atoms with E-state index in [9.17, 15) is 4.39 Å². The topological polar surface area (TPSA) is 21.3 Å². The minimum atomic E-state index is -0.291. The highest BCUT2D eigenvalue weighted by molar-refractivity contribution is 9.10. The van der Waals surface area contributed by atoms with Crippen molar-refractivity contribution in [3.8, 4) is 11.5 Å². The lowest BCUT2D eigenvalue weighted by Crippen LogP contribution is -2.19. The van der Waals surface area contributed by atoms with E-state index in [1.54, 1.807) is 6.07 Å². The van der Waals surface area contributed by atoms with Gasteiger partial charge in [-0.05, 0) is 52.7 Å². The lowest BCUT2D eigenvalue weighted by Gasteiger charge is -2.13. The Morgan fingerprint density at radius 1 is 1.14 bits per heavy atom. The van der Waals surface area contributed by atoms with Crippen LogP contribution in [0.1, 0.15) is 19.4 Å². The summed E-state index contributed by atoms with van der Waals surface area (Å²) >= 11 is 3.32. The molecule has 0 radical (unpaired) electrons. The average Bonchev–Trinajstić information content (AvgIpc) is 2.43. The van der Waals surface area contributed by atoms with Gasteiger partial charge >= 0.3 is 0 Å². The van der Waals surface area contributed by atoms with Gasteiger partial charge in [0.25, 0.3) is 0 Å². The molecule has 112 valence electrons. The molecule has 2 aromatic rings. The van der Waals surface area contributed by atoms with Crippen molar-refractivity contribution in [2.75, 3.05) is 6.54 Å². The molecular formula is C17H19BrFNO. The van der Waals surface area contributed by atoms with Crippen LogP contribution in [0.4, 0.5) is 4.39 Å². The van der Waals surface area contributed by atoms with Gasteiger partial charge in [-0.25, -0.2) is 4.39 Å². The summed E-state index contributed by atoms with van der Waals surface area (Å²) in [4.78, 5) is 0. The maximum Gasteiger partial charge on any atom is 0.141 e. The molecule has 1 N–H and O–H groups in total. The average molecular weight is 352 g/mol. The summed E-state index contributed by atoms with van der Waals surface area (Å²) in [6.45, 7) is 6.04. The van der Waals surface area contributed by atoms with Crippen LogP contribution in [-0.2, 0) is 6.54 Å². The second-order valence-corrected chi connectivity index (χ2v) is 6.16. The third-order valence-corrected chi connectivity index (χ3v) is 3.57. The second-order valence-electron chi connectivity index (χ2n) is 5.31. The molecule has 0 fully saturated rings. The SMILES string of the molecule is CC(C)CNCc1ccccc1Oc1ccc(F)cc1Br. The summed E-state index contributed by atoms with van der Waals surface area (Å²) < 4.78 is 19.6. The van der Waals surface area contributed by atoms with Crippen molar-refractivity contribution in [3.05, 3.63) is 58.3 Å². The highest BCUT2D eigenvalue weighted by Crippen LogP contribution is 2.31. The predicted molar refractivity (Wildman–Crippen MR) is 87.2 cm³/mol. The van der Waals surface area contributed by atoms with Gasteiger partial charge in [-0.15, -0.1) is 0 Å². The van der Waals surface area contributed by atoms with Gasteiger partial charge in [-0.2, -0.15) is 0 Å². The summed E-state index contributed by atoms with van der Waals surface area (Å²) in [6.07, 6.45) is 0. The zero-order valence-corrected chi connectivity index (χ0v) is 13.8. The van der Waals surface area contributed by atoms with Crippen molar-refractivity contribution < 1.29 is 9.13 Å². The molecule has 0 saturated heterocycles. The highest BCUT2D eigenvalue weighted by atomic mass is 79.9. The Morgan fingerprint density at radius 3 is 2.62 bits per heavy atom. The smallest absolute Gasteiger partial charge is 0.141 e. The number of ether oxygens (including phenoxy) is 1. The summed E-state index contributed by atoms with van der Waals surface area (Å²) in [5.41, 5.74) is 1.08. The molecular weight excluding hydrogens is 333 g/mol. The fourth-order valence-electron chi connectivity index (χ4n) is 1.92. The number of hydrogen-bond acceptors (Lipinski definition) is 2. The number of halogens is 2. The monoisotopic (exact) mass is 351 g/mol. The molecule has 0 aliphatic heterocycles. The van der Waals surface area contributed by atoms with Gasteiger partial charge in [-0.1, -0.05) is 32.0 Å². The van der Waals surface area contributed by atoms with Gasteiger partial charge in [0.15, 0.2) is 0 Å². The van der Waals surface area contributed by atoms with E-state index in [1.165, 1.54) is 12.1 Å². The van der Waals surface area contributed by atoms with Gasteiger partial charge in [0.2, 0.25) is 0 Å². The van der Waals surface area contributed by atoms with Crippen LogP contribution in [0.5, 0.6) is 11.5 Å². The molecule has 2 nitrogen and oxygen atoms in total. The first-order valence-electron chi connectivity index (χ1n) is 6.98. The first-order valence-corrected chi connectivity index (χ1v) is 7.77. The molecule has 0 spiro atoms. The number of nitrogens with one attached hydrogen (secondary N) is 1. The number of para-hydroxylation sites is 1. The summed E-state index contributed by atoms with van der Waals surface area (Å²) in [5, 5.41) is 3.40. The number of rotatable bonds is 6. The summed E-state index contributed by atoms with van der Waals surface area (Å²) in [6, 6.07) is 12.3. The van der Waals surface area contributed by atoms with E-state index in [-0.39, 0.29) is 5.82 Å². The Balaban J connectivity index is 2.12. The molecule has 2 rings (SSSR count). The zero-order chi connectivity index (χ0) is 15.2. The second kappa shape index (κ2) is 7.57. The fraction of sp³-hybridized carbons (Fsp3) is 0.294. The van der Waals surface area contributed by atoms with Crippen molar-refractivity contribution in [1.82, 2.24) is 5.32 Å². The minimum absolute atomic E-state index is 0.291. The lowest BCUT2D eigenvalue weighted by atomic mass is 10.2. The van der Waals surface area contributed by atoms with Gasteiger partial charge in [0, 0.05) is 12.1 Å². The molecule has 2 aromatic carbocycles. The number of benzene rings is 2. The van der Waals surface area contributed by atoms with Crippen LogP contribution in [0.15, 0.2) is 46.9 Å². The van der Waals surface area contributed by atoms with Gasteiger partial charge < -0.3 is 10.1 Å². The molecule has 4 heteroatoms. The van der Waals surface area contributed by atoms with Crippen LogP contribution < -0.4 is 10.1 Å². The minimum Gasteiger partial charge on any atom is -0.456 e. The molecule has 0 unspecified atom stereocenters. The van der Waals surface area contributed by atoms with Crippen LogP contribution in [-0.4, -0.2) is 6.54 Å². The van der Waals surface area contributed by atoms with Crippen LogP contribution in [0, 0.1) is 11.7 Å². The standard InChI is InChI=1S/C17H19BrFNO/c1-12(2)10-20-11-13-5-3-4-6-16(13)21-17-8-7-14(19)9-15(17)18/h3-9,12,20H,10-11H2,1-2H3. The Hall–Kier alpha value is -1.39. The molecule has 0 aliphatic carbocycles. The molecule has 0 bridgehead atoms. The zero-order valence-electron chi connectivity index (χ0n) is 12.2. The Kier molecular flexibility index (Phi) is 5.76. The van der Waals surface area contributed by atoms with Gasteiger partial charge in [0.1, 0.15) is 17.3 Å². The maximum absolute atomic E-state index is 13.1. The maximum atomic E-state index is 13.1. The third kappa shape index (κ3) is 4.83. The van der Waals surface area contributed by atoms with Crippen LogP contribution >= 0.6 is 15.9 Å². The summed E-state index contributed by atoms with van der Waals surface area (Å²) in [5.74, 6) is 1.69. The van der Waals surface area contributed by atoms with Crippen LogP contribution in [0.2, 0.25) is 0 Å². The van der Waals surface area contributed by atoms with Crippen molar-refractivity contribution >= 4 is 15.9 Å².